The van der Waals surface area contributed by atoms with Gasteiger partial charge < -0.3 is 4.90 Å². The van der Waals surface area contributed by atoms with E-state index in [1.165, 1.54) is 23.2 Å². The lowest BCUT2D eigenvalue weighted by molar-refractivity contribution is -0.149. The molecule has 17 heteroatoms. The summed E-state index contributed by atoms with van der Waals surface area (Å²) in [5, 5.41) is 3.03. The van der Waals surface area contributed by atoms with Crippen LogP contribution in [0.4, 0.5) is 49.9 Å². The Labute approximate surface area is 277 Å². The number of alkyl halides is 7. The zero-order chi connectivity index (χ0) is 36.9. The van der Waals surface area contributed by atoms with Crippen LogP contribution in [-0.2, 0) is 35.8 Å². The van der Waals surface area contributed by atoms with Crippen molar-refractivity contribution >= 4 is 17.5 Å². The maximum atomic E-state index is 15.0. The number of carbonyl (C=O) groups excluding carboxylic acids is 2. The van der Waals surface area contributed by atoms with Gasteiger partial charge in [0.1, 0.15) is 29.7 Å². The largest absolute Gasteiger partial charge is 0.435 e. The number of anilines is 1. The number of aromatic nitrogens is 4. The minimum absolute atomic E-state index is 0.00170. The number of hydrogen-bond acceptors (Lipinski definition) is 6. The molecule has 7 nitrogen and oxygen atoms in total. The standard InChI is InChI=1S/C33H27F10N5O2/c1-16(49)23-12-18(4-5-25(23)36)24-14-44-30(47(2)3)45-27(24)19(8-17-9-20(34)13-21(35)10-17)11-22(50)15-48-29-26(28(46-48)33(41,42)43)31(37,38)6-7-32(29,39)40/h4-5,9-10,12-14,19H,6-8,11,15H2,1-3H3/t19-/m1/s1. The van der Waals surface area contributed by atoms with Crippen molar-refractivity contribution in [3.63, 3.8) is 0 Å². The van der Waals surface area contributed by atoms with E-state index in [2.05, 4.69) is 15.1 Å². The Bertz CT molecular complexity index is 1950. The fourth-order valence-corrected chi connectivity index (χ4v) is 5.93. The Balaban J connectivity index is 1.64. The normalized spacial score (nSPS) is 15.8. The van der Waals surface area contributed by atoms with E-state index in [0.29, 0.717) is 6.07 Å². The predicted octanol–water partition coefficient (Wildman–Crippen LogP) is 8.01. The first-order valence-corrected chi connectivity index (χ1v) is 14.9. The monoisotopic (exact) mass is 715 g/mol. The van der Waals surface area contributed by atoms with E-state index in [4.69, 9.17) is 0 Å². The van der Waals surface area contributed by atoms with E-state index in [-0.39, 0.29) is 45.0 Å². The van der Waals surface area contributed by atoms with E-state index in [1.807, 2.05) is 0 Å². The average Bonchev–Trinajstić information content (AvgIpc) is 3.41. The lowest BCUT2D eigenvalue weighted by atomic mass is 9.86. The third-order valence-corrected chi connectivity index (χ3v) is 8.14. The van der Waals surface area contributed by atoms with E-state index in [9.17, 15) is 44.7 Å². The van der Waals surface area contributed by atoms with Crippen molar-refractivity contribution in [2.45, 2.75) is 63.1 Å². The maximum Gasteiger partial charge on any atom is 0.435 e. The highest BCUT2D eigenvalue weighted by Gasteiger charge is 2.57. The summed E-state index contributed by atoms with van der Waals surface area (Å²) in [6, 6.07) is 5.93. The van der Waals surface area contributed by atoms with Crippen LogP contribution in [0.3, 0.4) is 0 Å². The molecule has 0 aliphatic heterocycles. The lowest BCUT2D eigenvalue weighted by Gasteiger charge is -2.30. The summed E-state index contributed by atoms with van der Waals surface area (Å²) in [7, 11) is 3.11. The van der Waals surface area contributed by atoms with Crippen molar-refractivity contribution in [2.75, 3.05) is 19.0 Å². The summed E-state index contributed by atoms with van der Waals surface area (Å²) in [6.07, 6.45) is -8.48. The Morgan fingerprint density at radius 1 is 0.960 bits per heavy atom. The predicted molar refractivity (Wildman–Crippen MR) is 158 cm³/mol. The Hall–Kier alpha value is -4.83. The third-order valence-electron chi connectivity index (χ3n) is 8.14. The molecule has 4 aromatic rings. The number of fused-ring (bicyclic) bond motifs is 1. The molecular formula is C33H27F10N5O2. The molecule has 0 fully saturated rings. The van der Waals surface area contributed by atoms with Gasteiger partial charge in [0, 0.05) is 57.1 Å². The smallest absolute Gasteiger partial charge is 0.347 e. The Kier molecular flexibility index (Phi) is 9.57. The Morgan fingerprint density at radius 3 is 2.20 bits per heavy atom. The van der Waals surface area contributed by atoms with Gasteiger partial charge in [0.05, 0.1) is 16.8 Å². The number of carbonyl (C=O) groups is 2. The highest BCUT2D eigenvalue weighted by Crippen LogP contribution is 2.53. The van der Waals surface area contributed by atoms with Gasteiger partial charge in [-0.15, -0.1) is 0 Å². The number of hydrogen-bond donors (Lipinski definition) is 0. The van der Waals surface area contributed by atoms with Gasteiger partial charge in [0.2, 0.25) is 5.95 Å². The average molecular weight is 716 g/mol. The zero-order valence-electron chi connectivity index (χ0n) is 26.5. The highest BCUT2D eigenvalue weighted by atomic mass is 19.4. The molecule has 2 aromatic carbocycles. The van der Waals surface area contributed by atoms with Crippen molar-refractivity contribution in [1.82, 2.24) is 19.7 Å². The number of nitrogens with zero attached hydrogens (tertiary/aromatic N) is 5. The highest BCUT2D eigenvalue weighted by molar-refractivity contribution is 5.95. The van der Waals surface area contributed by atoms with Crippen molar-refractivity contribution < 1.29 is 53.5 Å². The summed E-state index contributed by atoms with van der Waals surface area (Å²) in [6.45, 7) is -0.184. The molecule has 2 aromatic heterocycles. The molecule has 0 amide bonds. The van der Waals surface area contributed by atoms with Gasteiger partial charge in [-0.1, -0.05) is 6.07 Å². The maximum absolute atomic E-state index is 15.0. The molecule has 1 atom stereocenters. The van der Waals surface area contributed by atoms with Crippen LogP contribution in [0.15, 0.2) is 42.6 Å². The zero-order valence-corrected chi connectivity index (χ0v) is 26.5. The molecular weight excluding hydrogens is 688 g/mol. The van der Waals surface area contributed by atoms with Crippen LogP contribution in [0.2, 0.25) is 0 Å². The molecule has 0 saturated carbocycles. The molecule has 2 heterocycles. The molecule has 0 N–H and O–H groups in total. The molecule has 5 rings (SSSR count). The minimum Gasteiger partial charge on any atom is -0.347 e. The summed E-state index contributed by atoms with van der Waals surface area (Å²) in [5.41, 5.74) is -6.02. The van der Waals surface area contributed by atoms with Gasteiger partial charge in [0.15, 0.2) is 17.3 Å². The fourth-order valence-electron chi connectivity index (χ4n) is 5.93. The van der Waals surface area contributed by atoms with Crippen molar-refractivity contribution in [3.8, 4) is 11.1 Å². The SMILES string of the molecule is CC(=O)c1cc(-c2cnc(N(C)C)nc2[C@@H](CC(=O)Cn2nc(C(F)(F)F)c3c2C(F)(F)CCC3(F)F)Cc2cc(F)cc(F)c2)ccc1F. The van der Waals surface area contributed by atoms with Crippen molar-refractivity contribution in [2.24, 2.45) is 0 Å². The molecule has 1 aliphatic rings. The van der Waals surface area contributed by atoms with Gasteiger partial charge in [-0.3, -0.25) is 14.3 Å². The minimum atomic E-state index is -5.56. The molecule has 0 bridgehead atoms. The summed E-state index contributed by atoms with van der Waals surface area (Å²) >= 11 is 0. The fraction of sp³-hybridized carbons (Fsp3) is 0.364. The van der Waals surface area contributed by atoms with Crippen molar-refractivity contribution in [3.05, 3.63) is 93.8 Å². The first-order valence-electron chi connectivity index (χ1n) is 14.9. The molecule has 0 saturated heterocycles. The van der Waals surface area contributed by atoms with Crippen LogP contribution < -0.4 is 4.90 Å². The van der Waals surface area contributed by atoms with Gasteiger partial charge in [-0.2, -0.15) is 27.1 Å². The summed E-state index contributed by atoms with van der Waals surface area (Å²) in [4.78, 5) is 35.9. The number of halogens is 10. The van der Waals surface area contributed by atoms with Crippen LogP contribution in [0.5, 0.6) is 0 Å². The number of Topliss-reactive ketones (excluding diaryl/α,β-unsaturated/α-hetero) is 2. The molecule has 0 spiro atoms. The first-order chi connectivity index (χ1) is 23.2. The van der Waals surface area contributed by atoms with Gasteiger partial charge in [-0.25, -0.2) is 31.9 Å². The van der Waals surface area contributed by atoms with Crippen LogP contribution >= 0.6 is 0 Å². The Morgan fingerprint density at radius 2 is 1.60 bits per heavy atom. The quantitative estimate of drug-likeness (QED) is 0.122. The van der Waals surface area contributed by atoms with Crippen LogP contribution in [0.1, 0.15) is 70.7 Å². The van der Waals surface area contributed by atoms with Crippen LogP contribution in [-0.4, -0.2) is 45.4 Å². The number of ketones is 2. The second kappa shape index (κ2) is 13.1. The topological polar surface area (TPSA) is 81.0 Å². The number of rotatable bonds is 10. The van der Waals surface area contributed by atoms with Crippen LogP contribution in [0, 0.1) is 17.5 Å². The molecule has 266 valence electrons. The lowest BCUT2D eigenvalue weighted by Crippen LogP contribution is -2.34. The summed E-state index contributed by atoms with van der Waals surface area (Å²) < 4.78 is 144. The second-order valence-corrected chi connectivity index (χ2v) is 12.2. The second-order valence-electron chi connectivity index (χ2n) is 12.2. The third kappa shape index (κ3) is 7.35. The van der Waals surface area contributed by atoms with Gasteiger partial charge >= 0.3 is 6.18 Å². The van der Waals surface area contributed by atoms with Crippen molar-refractivity contribution in [1.29, 1.82) is 0 Å². The van der Waals surface area contributed by atoms with Gasteiger partial charge in [-0.05, 0) is 48.7 Å². The molecule has 50 heavy (non-hydrogen) atoms. The van der Waals surface area contributed by atoms with E-state index in [1.54, 1.807) is 14.1 Å². The molecule has 0 unspecified atom stereocenters. The van der Waals surface area contributed by atoms with Crippen LogP contribution in [0.25, 0.3) is 11.1 Å². The van der Waals surface area contributed by atoms with Gasteiger partial charge in [0.25, 0.3) is 11.8 Å². The number of benzene rings is 2. The first kappa shape index (κ1) is 36.5. The summed E-state index contributed by atoms with van der Waals surface area (Å²) in [5.74, 6) is -14.2. The van der Waals surface area contributed by atoms with E-state index < -0.39 is 95.7 Å². The van der Waals surface area contributed by atoms with E-state index >= 15 is 8.78 Å². The van der Waals surface area contributed by atoms with E-state index in [0.717, 1.165) is 25.1 Å². The molecule has 1 aliphatic carbocycles. The molecule has 0 radical (unpaired) electrons.